The van der Waals surface area contributed by atoms with E-state index in [2.05, 4.69) is 59.3 Å². The third-order valence-corrected chi connectivity index (χ3v) is 7.43. The van der Waals surface area contributed by atoms with Gasteiger partial charge >= 0.3 is 5.97 Å². The van der Waals surface area contributed by atoms with Crippen molar-refractivity contribution in [3.63, 3.8) is 0 Å². The van der Waals surface area contributed by atoms with E-state index in [-0.39, 0.29) is 12.3 Å². The number of hydrogen-bond donors (Lipinski definition) is 1. The zero-order valence-electron chi connectivity index (χ0n) is 20.3. The minimum Gasteiger partial charge on any atom is -0.497 e. The number of benzene rings is 2. The molecule has 2 aromatic carbocycles. The zero-order chi connectivity index (χ0) is 23.9. The van der Waals surface area contributed by atoms with Gasteiger partial charge in [-0.2, -0.15) is 0 Å². The van der Waals surface area contributed by atoms with Crippen molar-refractivity contribution in [2.75, 3.05) is 20.2 Å². The van der Waals surface area contributed by atoms with Gasteiger partial charge in [0.2, 0.25) is 0 Å². The molecule has 4 rings (SSSR count). The maximum Gasteiger partial charge on any atom is 0.303 e. The Bertz CT molecular complexity index is 1090. The maximum absolute atomic E-state index is 11.7. The Kier molecular flexibility index (Phi) is 8.17. The lowest BCUT2D eigenvalue weighted by Crippen LogP contribution is -2.43. The first-order valence-corrected chi connectivity index (χ1v) is 12.5. The van der Waals surface area contributed by atoms with Crippen LogP contribution in [-0.2, 0) is 11.2 Å². The lowest BCUT2D eigenvalue weighted by molar-refractivity contribution is -0.139. The van der Waals surface area contributed by atoms with Gasteiger partial charge in [0.25, 0.3) is 0 Å². The monoisotopic (exact) mass is 460 g/mol. The lowest BCUT2D eigenvalue weighted by atomic mass is 9.79. The molecule has 2 heterocycles. The highest BCUT2D eigenvalue weighted by Gasteiger charge is 2.33. The van der Waals surface area contributed by atoms with Gasteiger partial charge in [-0.25, -0.2) is 0 Å². The third kappa shape index (κ3) is 5.76. The van der Waals surface area contributed by atoms with Gasteiger partial charge in [-0.1, -0.05) is 37.3 Å². The van der Waals surface area contributed by atoms with Crippen LogP contribution in [0.4, 0.5) is 0 Å². The number of methoxy groups -OCH3 is 1. The van der Waals surface area contributed by atoms with Gasteiger partial charge in [0.15, 0.2) is 0 Å². The summed E-state index contributed by atoms with van der Waals surface area (Å²) in [5.74, 6) is 0.804. The fraction of sp³-hybridized carbons (Fsp3) is 0.448. The van der Waals surface area contributed by atoms with Gasteiger partial charge in [-0.15, -0.1) is 0 Å². The normalized spacial score (nSPS) is 19.7. The van der Waals surface area contributed by atoms with Crippen LogP contribution in [0.3, 0.4) is 0 Å². The number of piperidine rings is 1. The Morgan fingerprint density at radius 1 is 1.18 bits per heavy atom. The van der Waals surface area contributed by atoms with Crippen molar-refractivity contribution >= 4 is 16.9 Å². The largest absolute Gasteiger partial charge is 0.497 e. The maximum atomic E-state index is 11.7. The Labute approximate surface area is 202 Å². The van der Waals surface area contributed by atoms with Crippen molar-refractivity contribution in [2.45, 2.75) is 51.5 Å². The van der Waals surface area contributed by atoms with E-state index in [0.717, 1.165) is 61.8 Å². The van der Waals surface area contributed by atoms with Crippen molar-refractivity contribution < 1.29 is 14.6 Å². The van der Waals surface area contributed by atoms with Crippen molar-refractivity contribution in [1.82, 2.24) is 9.88 Å². The molecule has 1 aromatic heterocycles. The molecule has 1 unspecified atom stereocenters. The number of rotatable bonds is 10. The predicted molar refractivity (Wildman–Crippen MR) is 136 cm³/mol. The number of aromatic nitrogens is 1. The molecule has 3 aromatic rings. The molecule has 0 spiro atoms. The molecular weight excluding hydrogens is 424 g/mol. The molecular formula is C29H36N2O3. The van der Waals surface area contributed by atoms with Crippen LogP contribution in [0, 0.1) is 11.8 Å². The molecule has 3 atom stereocenters. The summed E-state index contributed by atoms with van der Waals surface area (Å²) in [7, 11) is 1.69. The number of fused-ring (bicyclic) bond motifs is 1. The topological polar surface area (TPSA) is 62.7 Å². The van der Waals surface area contributed by atoms with Crippen LogP contribution in [0.5, 0.6) is 5.75 Å². The summed E-state index contributed by atoms with van der Waals surface area (Å²) < 4.78 is 5.41. The number of aliphatic carboxylic acids is 1. The molecule has 1 aliphatic rings. The van der Waals surface area contributed by atoms with E-state index >= 15 is 0 Å². The van der Waals surface area contributed by atoms with Crippen LogP contribution in [0.1, 0.15) is 56.2 Å². The molecule has 5 nitrogen and oxygen atoms in total. The quantitative estimate of drug-likeness (QED) is 0.394. The van der Waals surface area contributed by atoms with Crippen LogP contribution < -0.4 is 4.74 Å². The van der Waals surface area contributed by atoms with Crippen molar-refractivity contribution in [3.05, 3.63) is 71.9 Å². The molecule has 1 N–H and O–H groups in total. The molecule has 34 heavy (non-hydrogen) atoms. The molecule has 1 saturated heterocycles. The van der Waals surface area contributed by atoms with Gasteiger partial charge in [0, 0.05) is 30.6 Å². The first-order chi connectivity index (χ1) is 16.6. The second-order valence-corrected chi connectivity index (χ2v) is 9.48. The number of ether oxygens (including phenoxy) is 1. The molecule has 0 radical (unpaired) electrons. The standard InChI is InChI=1S/C29H36N2O3/c1-3-28(23-8-5-4-6-9-23)31-17-15-21(24(20-31)18-29(32)33)10-7-11-22-14-16-30-27-13-12-25(34-2)19-26(22)27/h4-6,8-9,12-14,16,19,21,24,28H,3,7,10-11,15,17-18,20H2,1-2H3,(H,32,33)/t21-,24+,28?/m1/s1. The molecule has 0 amide bonds. The fourth-order valence-electron chi connectivity index (χ4n) is 5.69. The minimum absolute atomic E-state index is 0.193. The number of nitrogens with zero attached hydrogens (tertiary/aromatic N) is 2. The third-order valence-electron chi connectivity index (χ3n) is 7.43. The number of carboxylic acids is 1. The highest BCUT2D eigenvalue weighted by atomic mass is 16.5. The average Bonchev–Trinajstić information content (AvgIpc) is 2.86. The smallest absolute Gasteiger partial charge is 0.303 e. The van der Waals surface area contributed by atoms with Gasteiger partial charge in [-0.3, -0.25) is 14.7 Å². The van der Waals surface area contributed by atoms with Crippen LogP contribution in [0.15, 0.2) is 60.8 Å². The summed E-state index contributed by atoms with van der Waals surface area (Å²) >= 11 is 0. The zero-order valence-corrected chi connectivity index (χ0v) is 20.3. The minimum atomic E-state index is -0.683. The highest BCUT2D eigenvalue weighted by Crippen LogP contribution is 2.36. The molecule has 0 aliphatic carbocycles. The SMILES string of the molecule is CCC(c1ccccc1)N1CC[C@@H](CCCc2ccnc3ccc(OC)cc23)[C@@H](CC(=O)O)C1. The van der Waals surface area contributed by atoms with Crippen LogP contribution in [0.25, 0.3) is 10.9 Å². The number of carboxylic acid groups (broad SMARTS) is 1. The second-order valence-electron chi connectivity index (χ2n) is 9.48. The van der Waals surface area contributed by atoms with E-state index in [1.54, 1.807) is 7.11 Å². The van der Waals surface area contributed by atoms with Gasteiger partial charge in [0.1, 0.15) is 5.75 Å². The summed E-state index contributed by atoms with van der Waals surface area (Å²) in [5.41, 5.74) is 3.60. The van der Waals surface area contributed by atoms with Gasteiger partial charge in [0.05, 0.1) is 12.6 Å². The number of likely N-dealkylation sites (tertiary alicyclic amines) is 1. The van der Waals surface area contributed by atoms with Crippen molar-refractivity contribution in [3.8, 4) is 5.75 Å². The van der Waals surface area contributed by atoms with Crippen molar-refractivity contribution in [2.24, 2.45) is 11.8 Å². The van der Waals surface area contributed by atoms with Gasteiger partial charge in [-0.05, 0) is 85.9 Å². The predicted octanol–water partition coefficient (Wildman–Crippen LogP) is 6.13. The van der Waals surface area contributed by atoms with E-state index in [1.165, 1.54) is 11.1 Å². The number of carbonyl (C=O) groups is 1. The van der Waals surface area contributed by atoms with E-state index < -0.39 is 5.97 Å². The van der Waals surface area contributed by atoms with E-state index in [4.69, 9.17) is 4.74 Å². The number of aryl methyl sites for hydroxylation is 1. The Hall–Kier alpha value is -2.92. The van der Waals surface area contributed by atoms with Crippen LogP contribution >= 0.6 is 0 Å². The second kappa shape index (κ2) is 11.5. The summed E-state index contributed by atoms with van der Waals surface area (Å²) in [4.78, 5) is 18.7. The summed E-state index contributed by atoms with van der Waals surface area (Å²) in [6.07, 6.45) is 7.30. The Morgan fingerprint density at radius 2 is 2.00 bits per heavy atom. The van der Waals surface area contributed by atoms with Crippen molar-refractivity contribution in [1.29, 1.82) is 0 Å². The van der Waals surface area contributed by atoms with Crippen LogP contribution in [-0.4, -0.2) is 41.2 Å². The van der Waals surface area contributed by atoms with E-state index in [0.29, 0.717) is 12.0 Å². The Morgan fingerprint density at radius 3 is 2.74 bits per heavy atom. The fourth-order valence-corrected chi connectivity index (χ4v) is 5.69. The molecule has 0 bridgehead atoms. The summed E-state index contributed by atoms with van der Waals surface area (Å²) in [5, 5.41) is 10.8. The molecule has 5 heteroatoms. The molecule has 180 valence electrons. The number of pyridine rings is 1. The molecule has 1 fully saturated rings. The first-order valence-electron chi connectivity index (χ1n) is 12.5. The summed E-state index contributed by atoms with van der Waals surface area (Å²) in [6.45, 7) is 4.12. The first kappa shape index (κ1) is 24.2. The molecule has 1 aliphatic heterocycles. The average molecular weight is 461 g/mol. The van der Waals surface area contributed by atoms with Gasteiger partial charge < -0.3 is 9.84 Å². The summed E-state index contributed by atoms with van der Waals surface area (Å²) in [6, 6.07) is 19.1. The highest BCUT2D eigenvalue weighted by molar-refractivity contribution is 5.83. The van der Waals surface area contributed by atoms with E-state index in [9.17, 15) is 9.90 Å². The van der Waals surface area contributed by atoms with Crippen LogP contribution in [0.2, 0.25) is 0 Å². The van der Waals surface area contributed by atoms with E-state index in [1.807, 2.05) is 18.3 Å². The molecule has 0 saturated carbocycles. The lowest BCUT2D eigenvalue weighted by Gasteiger charge is -2.42. The Balaban J connectivity index is 1.42. The number of hydrogen-bond acceptors (Lipinski definition) is 4.